The summed E-state index contributed by atoms with van der Waals surface area (Å²) in [5.41, 5.74) is 2.66. The molecular formula is C19H26N4O3. The fourth-order valence-corrected chi connectivity index (χ4v) is 3.16. The van der Waals surface area contributed by atoms with Gasteiger partial charge in [0.15, 0.2) is 5.65 Å². The molecule has 1 unspecified atom stereocenters. The number of carbonyl (C=O) groups excluding carboxylic acids is 1. The number of nitrogens with zero attached hydrogens (tertiary/aromatic N) is 3. The summed E-state index contributed by atoms with van der Waals surface area (Å²) >= 11 is 0. The van der Waals surface area contributed by atoms with Gasteiger partial charge in [-0.1, -0.05) is 0 Å². The first kappa shape index (κ1) is 18.4. The molecule has 0 bridgehead atoms. The molecule has 0 saturated heterocycles. The number of carbonyl (C=O) groups is 2. The van der Waals surface area contributed by atoms with E-state index in [0.717, 1.165) is 35.3 Å². The van der Waals surface area contributed by atoms with E-state index in [1.807, 2.05) is 17.7 Å². The van der Waals surface area contributed by atoms with Gasteiger partial charge in [0.05, 0.1) is 28.6 Å². The molecule has 2 N–H and O–H groups in total. The number of aliphatic carboxylic acids is 1. The first-order valence-electron chi connectivity index (χ1n) is 9.01. The smallest absolute Gasteiger partial charge is 0.305 e. The fourth-order valence-electron chi connectivity index (χ4n) is 3.16. The van der Waals surface area contributed by atoms with Crippen LogP contribution < -0.4 is 5.32 Å². The van der Waals surface area contributed by atoms with Crippen LogP contribution in [-0.4, -0.2) is 37.8 Å². The third-order valence-corrected chi connectivity index (χ3v) is 4.57. The Bertz CT molecular complexity index is 875. The number of nitrogens with one attached hydrogen (secondary N) is 1. The number of carboxylic acid groups (broad SMARTS) is 1. The molecule has 0 radical (unpaired) electrons. The lowest BCUT2D eigenvalue weighted by molar-refractivity contribution is -0.137. The molecule has 3 rings (SSSR count). The summed E-state index contributed by atoms with van der Waals surface area (Å²) < 4.78 is 1.88. The van der Waals surface area contributed by atoms with Crippen LogP contribution in [0.15, 0.2) is 6.07 Å². The highest BCUT2D eigenvalue weighted by Crippen LogP contribution is 2.41. The molecule has 7 heteroatoms. The van der Waals surface area contributed by atoms with Gasteiger partial charge in [0.2, 0.25) is 0 Å². The molecule has 0 spiro atoms. The topological polar surface area (TPSA) is 97.1 Å². The van der Waals surface area contributed by atoms with Gasteiger partial charge in [-0.3, -0.25) is 9.59 Å². The van der Waals surface area contributed by atoms with E-state index in [9.17, 15) is 9.59 Å². The number of carboxylic acids is 1. The number of pyridine rings is 1. The third kappa shape index (κ3) is 3.57. The van der Waals surface area contributed by atoms with E-state index in [1.165, 1.54) is 0 Å². The molecule has 0 aliphatic heterocycles. The van der Waals surface area contributed by atoms with Crippen molar-refractivity contribution in [2.75, 3.05) is 0 Å². The van der Waals surface area contributed by atoms with Crippen LogP contribution in [0.1, 0.15) is 74.6 Å². The van der Waals surface area contributed by atoms with Crippen LogP contribution in [0.5, 0.6) is 0 Å². The summed E-state index contributed by atoms with van der Waals surface area (Å²) in [5.74, 6) is -0.816. The maximum absolute atomic E-state index is 12.9. The van der Waals surface area contributed by atoms with Crippen molar-refractivity contribution in [2.45, 2.75) is 71.4 Å². The van der Waals surface area contributed by atoms with Gasteiger partial charge >= 0.3 is 5.97 Å². The predicted octanol–water partition coefficient (Wildman–Crippen LogP) is 2.97. The molecule has 140 valence electrons. The average Bonchev–Trinajstić information content (AvgIpc) is 3.29. The number of fused-ring (bicyclic) bond motifs is 1. The molecule has 2 aromatic rings. The Balaban J connectivity index is 2.10. The van der Waals surface area contributed by atoms with Crippen LogP contribution in [0.3, 0.4) is 0 Å². The Kier molecular flexibility index (Phi) is 4.50. The van der Waals surface area contributed by atoms with Crippen molar-refractivity contribution >= 4 is 22.9 Å². The Morgan fingerprint density at radius 1 is 1.38 bits per heavy atom. The summed E-state index contributed by atoms with van der Waals surface area (Å²) in [6, 6.07) is 1.40. The van der Waals surface area contributed by atoms with Crippen molar-refractivity contribution in [1.29, 1.82) is 0 Å². The van der Waals surface area contributed by atoms with Crippen LogP contribution >= 0.6 is 0 Å². The molecule has 26 heavy (non-hydrogen) atoms. The van der Waals surface area contributed by atoms with Gasteiger partial charge in [-0.15, -0.1) is 0 Å². The normalized spacial score (nSPS) is 15.9. The summed E-state index contributed by atoms with van der Waals surface area (Å²) in [6.07, 6.45) is 2.05. The quantitative estimate of drug-likeness (QED) is 0.856. The van der Waals surface area contributed by atoms with Gasteiger partial charge in [-0.25, -0.2) is 9.67 Å². The predicted molar refractivity (Wildman–Crippen MR) is 98.4 cm³/mol. The molecular weight excluding hydrogens is 332 g/mol. The first-order valence-corrected chi connectivity index (χ1v) is 9.01. The van der Waals surface area contributed by atoms with E-state index in [1.54, 1.807) is 6.92 Å². The summed E-state index contributed by atoms with van der Waals surface area (Å²) in [7, 11) is 0. The molecule has 1 amide bonds. The molecule has 1 aliphatic carbocycles. The van der Waals surface area contributed by atoms with E-state index >= 15 is 0 Å². The molecule has 1 aliphatic rings. The van der Waals surface area contributed by atoms with Crippen LogP contribution in [0.2, 0.25) is 0 Å². The molecule has 1 fully saturated rings. The second-order valence-corrected chi connectivity index (χ2v) is 8.21. The van der Waals surface area contributed by atoms with Crippen molar-refractivity contribution in [2.24, 2.45) is 0 Å². The molecule has 7 nitrogen and oxygen atoms in total. The van der Waals surface area contributed by atoms with Crippen molar-refractivity contribution in [3.05, 3.63) is 23.0 Å². The standard InChI is InChI=1S/C19H26N4O3/c1-10(8-15(24)25)20-18(26)13-9-14(12-6-7-12)21-17-16(13)11(2)22-23(17)19(3,4)5/h9-10,12H,6-8H2,1-5H3,(H,20,26)(H,24,25). The maximum Gasteiger partial charge on any atom is 0.305 e. The highest BCUT2D eigenvalue weighted by Gasteiger charge is 2.30. The molecule has 1 atom stereocenters. The number of hydrogen-bond donors (Lipinski definition) is 2. The maximum atomic E-state index is 12.9. The van der Waals surface area contributed by atoms with Crippen molar-refractivity contribution in [3.63, 3.8) is 0 Å². The molecule has 2 aromatic heterocycles. The van der Waals surface area contributed by atoms with Crippen molar-refractivity contribution < 1.29 is 14.7 Å². The Morgan fingerprint density at radius 2 is 2.04 bits per heavy atom. The monoisotopic (exact) mass is 358 g/mol. The van der Waals surface area contributed by atoms with Crippen LogP contribution in [-0.2, 0) is 10.3 Å². The van der Waals surface area contributed by atoms with E-state index in [0.29, 0.717) is 11.5 Å². The highest BCUT2D eigenvalue weighted by molar-refractivity contribution is 6.06. The van der Waals surface area contributed by atoms with E-state index in [-0.39, 0.29) is 17.9 Å². The highest BCUT2D eigenvalue weighted by atomic mass is 16.4. The zero-order valence-electron chi connectivity index (χ0n) is 16.0. The largest absolute Gasteiger partial charge is 0.481 e. The summed E-state index contributed by atoms with van der Waals surface area (Å²) in [4.78, 5) is 28.6. The van der Waals surface area contributed by atoms with Gasteiger partial charge < -0.3 is 10.4 Å². The number of aromatic nitrogens is 3. The van der Waals surface area contributed by atoms with E-state index in [4.69, 9.17) is 10.1 Å². The van der Waals surface area contributed by atoms with Gasteiger partial charge in [0, 0.05) is 17.7 Å². The lowest BCUT2D eigenvalue weighted by atomic mass is 10.1. The van der Waals surface area contributed by atoms with Crippen molar-refractivity contribution in [3.8, 4) is 0 Å². The third-order valence-electron chi connectivity index (χ3n) is 4.57. The Hall–Kier alpha value is -2.44. The number of rotatable bonds is 5. The second kappa shape index (κ2) is 6.37. The van der Waals surface area contributed by atoms with Gasteiger partial charge in [-0.05, 0) is 53.5 Å². The zero-order chi connectivity index (χ0) is 19.2. The Labute approximate surface area is 152 Å². The lowest BCUT2D eigenvalue weighted by Crippen LogP contribution is -2.34. The second-order valence-electron chi connectivity index (χ2n) is 8.21. The van der Waals surface area contributed by atoms with Gasteiger partial charge in [0.25, 0.3) is 5.91 Å². The van der Waals surface area contributed by atoms with Crippen LogP contribution in [0.4, 0.5) is 0 Å². The van der Waals surface area contributed by atoms with Gasteiger partial charge in [-0.2, -0.15) is 5.10 Å². The minimum absolute atomic E-state index is 0.115. The van der Waals surface area contributed by atoms with E-state index in [2.05, 4.69) is 31.2 Å². The minimum atomic E-state index is -0.937. The summed E-state index contributed by atoms with van der Waals surface area (Å²) in [6.45, 7) is 9.73. The zero-order valence-corrected chi connectivity index (χ0v) is 16.0. The van der Waals surface area contributed by atoms with Gasteiger partial charge in [0.1, 0.15) is 0 Å². The molecule has 1 saturated carbocycles. The lowest BCUT2D eigenvalue weighted by Gasteiger charge is -2.20. The van der Waals surface area contributed by atoms with Crippen LogP contribution in [0.25, 0.3) is 11.0 Å². The molecule has 2 heterocycles. The van der Waals surface area contributed by atoms with Crippen LogP contribution in [0, 0.1) is 6.92 Å². The first-order chi connectivity index (χ1) is 12.1. The van der Waals surface area contributed by atoms with E-state index < -0.39 is 12.0 Å². The number of aryl methyl sites for hydroxylation is 1. The SMILES string of the molecule is Cc1nn(C(C)(C)C)c2nc(C3CC3)cc(C(=O)NC(C)CC(=O)O)c12. The molecule has 0 aromatic carbocycles. The summed E-state index contributed by atoms with van der Waals surface area (Å²) in [5, 5.41) is 17.1. The number of amides is 1. The number of hydrogen-bond acceptors (Lipinski definition) is 4. The average molecular weight is 358 g/mol. The minimum Gasteiger partial charge on any atom is -0.481 e. The van der Waals surface area contributed by atoms with Crippen molar-refractivity contribution in [1.82, 2.24) is 20.1 Å². The Morgan fingerprint density at radius 3 is 2.58 bits per heavy atom. The fraction of sp³-hybridized carbons (Fsp3) is 0.579.